The highest BCUT2D eigenvalue weighted by atomic mass is 16.2. The van der Waals surface area contributed by atoms with Gasteiger partial charge in [-0.05, 0) is 30.5 Å². The molecule has 1 heterocycles. The maximum absolute atomic E-state index is 12.5. The molecule has 2 atom stereocenters. The molecular formula is C21H24N2O2. The molecule has 2 amide bonds. The largest absolute Gasteiger partial charge is 0.355 e. The van der Waals surface area contributed by atoms with Crippen molar-refractivity contribution in [1.82, 2.24) is 5.32 Å². The van der Waals surface area contributed by atoms with Gasteiger partial charge in [0, 0.05) is 25.2 Å². The van der Waals surface area contributed by atoms with Crippen molar-refractivity contribution >= 4 is 17.5 Å². The summed E-state index contributed by atoms with van der Waals surface area (Å²) >= 11 is 0. The van der Waals surface area contributed by atoms with E-state index in [1.807, 2.05) is 49.4 Å². The van der Waals surface area contributed by atoms with Gasteiger partial charge in [0.2, 0.25) is 11.8 Å². The van der Waals surface area contributed by atoms with Gasteiger partial charge in [-0.2, -0.15) is 0 Å². The fourth-order valence-corrected chi connectivity index (χ4v) is 3.15. The smallest absolute Gasteiger partial charge is 0.227 e. The second-order valence-corrected chi connectivity index (χ2v) is 6.80. The molecule has 1 aliphatic rings. The van der Waals surface area contributed by atoms with Crippen LogP contribution < -0.4 is 10.2 Å². The van der Waals surface area contributed by atoms with Gasteiger partial charge in [0.05, 0.1) is 5.92 Å². The molecule has 0 saturated carbocycles. The highest BCUT2D eigenvalue weighted by molar-refractivity contribution is 6.00. The maximum Gasteiger partial charge on any atom is 0.227 e. The van der Waals surface area contributed by atoms with Gasteiger partial charge in [0.25, 0.3) is 0 Å². The number of anilines is 1. The van der Waals surface area contributed by atoms with Crippen molar-refractivity contribution in [1.29, 1.82) is 0 Å². The van der Waals surface area contributed by atoms with Crippen LogP contribution in [0.1, 0.15) is 30.4 Å². The lowest BCUT2D eigenvalue weighted by molar-refractivity contribution is -0.126. The Kier molecular flexibility index (Phi) is 5.17. The van der Waals surface area contributed by atoms with Crippen LogP contribution in [-0.4, -0.2) is 24.9 Å². The van der Waals surface area contributed by atoms with Crippen LogP contribution in [0.5, 0.6) is 0 Å². The first-order valence-corrected chi connectivity index (χ1v) is 8.74. The SMILES string of the molecule is Cc1ccc(N2C[C@@H](C(=O)NC[C@@H](C)c3ccccc3)CC2=O)cc1. The lowest BCUT2D eigenvalue weighted by Crippen LogP contribution is -2.35. The Hall–Kier alpha value is -2.62. The number of amides is 2. The van der Waals surface area contributed by atoms with Gasteiger partial charge in [0.1, 0.15) is 0 Å². The number of hydrogen-bond donors (Lipinski definition) is 1. The summed E-state index contributed by atoms with van der Waals surface area (Å²) in [4.78, 5) is 26.5. The number of carbonyl (C=O) groups excluding carboxylic acids is 2. The van der Waals surface area contributed by atoms with E-state index >= 15 is 0 Å². The lowest BCUT2D eigenvalue weighted by atomic mass is 10.0. The van der Waals surface area contributed by atoms with E-state index in [9.17, 15) is 9.59 Å². The molecule has 0 aliphatic carbocycles. The molecule has 0 bridgehead atoms. The summed E-state index contributed by atoms with van der Waals surface area (Å²) < 4.78 is 0. The number of nitrogens with one attached hydrogen (secondary N) is 1. The fraction of sp³-hybridized carbons (Fsp3) is 0.333. The van der Waals surface area contributed by atoms with Crippen molar-refractivity contribution in [2.24, 2.45) is 5.92 Å². The van der Waals surface area contributed by atoms with Crippen LogP contribution >= 0.6 is 0 Å². The number of hydrogen-bond acceptors (Lipinski definition) is 2. The molecule has 2 aromatic carbocycles. The Balaban J connectivity index is 1.56. The number of benzene rings is 2. The van der Waals surface area contributed by atoms with E-state index in [0.717, 1.165) is 11.3 Å². The van der Waals surface area contributed by atoms with Crippen molar-refractivity contribution in [2.45, 2.75) is 26.2 Å². The number of carbonyl (C=O) groups is 2. The third-order valence-electron chi connectivity index (χ3n) is 4.79. The summed E-state index contributed by atoms with van der Waals surface area (Å²) in [6.45, 7) is 5.14. The monoisotopic (exact) mass is 336 g/mol. The Morgan fingerprint density at radius 1 is 1.16 bits per heavy atom. The van der Waals surface area contributed by atoms with Crippen LogP contribution in [0.3, 0.4) is 0 Å². The fourth-order valence-electron chi connectivity index (χ4n) is 3.15. The van der Waals surface area contributed by atoms with Crippen molar-refractivity contribution < 1.29 is 9.59 Å². The van der Waals surface area contributed by atoms with Crippen LogP contribution in [0.15, 0.2) is 54.6 Å². The van der Waals surface area contributed by atoms with Gasteiger partial charge in [-0.15, -0.1) is 0 Å². The predicted octanol–water partition coefficient (Wildman–Crippen LogP) is 3.27. The standard InChI is InChI=1S/C21H24N2O2/c1-15-8-10-19(11-9-15)23-14-18(12-20(23)24)21(25)22-13-16(2)17-6-4-3-5-7-17/h3-11,16,18H,12-14H2,1-2H3,(H,22,25)/t16-,18+/m1/s1. The van der Waals surface area contributed by atoms with Crippen LogP contribution in [0.4, 0.5) is 5.69 Å². The van der Waals surface area contributed by atoms with E-state index in [0.29, 0.717) is 13.1 Å². The molecule has 4 heteroatoms. The molecule has 0 radical (unpaired) electrons. The molecule has 1 aliphatic heterocycles. The predicted molar refractivity (Wildman–Crippen MR) is 99.5 cm³/mol. The average molecular weight is 336 g/mol. The summed E-state index contributed by atoms with van der Waals surface area (Å²) in [5, 5.41) is 3.01. The zero-order valence-electron chi connectivity index (χ0n) is 14.7. The topological polar surface area (TPSA) is 49.4 Å². The first-order chi connectivity index (χ1) is 12.0. The first kappa shape index (κ1) is 17.2. The highest BCUT2D eigenvalue weighted by Crippen LogP contribution is 2.25. The summed E-state index contributed by atoms with van der Waals surface area (Å²) in [6.07, 6.45) is 0.277. The molecule has 130 valence electrons. The molecular weight excluding hydrogens is 312 g/mol. The third kappa shape index (κ3) is 4.08. The summed E-state index contributed by atoms with van der Waals surface area (Å²) in [6, 6.07) is 18.0. The van der Waals surface area contributed by atoms with E-state index in [4.69, 9.17) is 0 Å². The second-order valence-electron chi connectivity index (χ2n) is 6.80. The molecule has 1 N–H and O–H groups in total. The van der Waals surface area contributed by atoms with Crippen LogP contribution in [0.25, 0.3) is 0 Å². The van der Waals surface area contributed by atoms with Gasteiger partial charge < -0.3 is 10.2 Å². The Morgan fingerprint density at radius 3 is 2.52 bits per heavy atom. The molecule has 4 nitrogen and oxygen atoms in total. The normalized spacial score (nSPS) is 18.2. The molecule has 1 fully saturated rings. The lowest BCUT2D eigenvalue weighted by Gasteiger charge is -2.18. The average Bonchev–Trinajstić information content (AvgIpc) is 3.02. The minimum absolute atomic E-state index is 0.0140. The van der Waals surface area contributed by atoms with Crippen molar-refractivity contribution in [3.05, 3.63) is 65.7 Å². The van der Waals surface area contributed by atoms with Gasteiger partial charge >= 0.3 is 0 Å². The summed E-state index contributed by atoms with van der Waals surface area (Å²) in [7, 11) is 0. The number of nitrogens with zero attached hydrogens (tertiary/aromatic N) is 1. The quantitative estimate of drug-likeness (QED) is 0.911. The van der Waals surface area contributed by atoms with E-state index in [2.05, 4.69) is 24.4 Å². The van der Waals surface area contributed by atoms with Gasteiger partial charge in [-0.25, -0.2) is 0 Å². The van der Waals surface area contributed by atoms with E-state index in [1.165, 1.54) is 5.56 Å². The molecule has 0 unspecified atom stereocenters. The van der Waals surface area contributed by atoms with E-state index < -0.39 is 0 Å². The van der Waals surface area contributed by atoms with Crippen LogP contribution in [0, 0.1) is 12.8 Å². The van der Waals surface area contributed by atoms with E-state index in [1.54, 1.807) is 4.90 Å². The van der Waals surface area contributed by atoms with Crippen LogP contribution in [0.2, 0.25) is 0 Å². The third-order valence-corrected chi connectivity index (χ3v) is 4.79. The molecule has 25 heavy (non-hydrogen) atoms. The van der Waals surface area contributed by atoms with Crippen molar-refractivity contribution in [3.8, 4) is 0 Å². The summed E-state index contributed by atoms with van der Waals surface area (Å²) in [5.74, 6) is -0.0573. The van der Waals surface area contributed by atoms with E-state index in [-0.39, 0.29) is 30.1 Å². The molecule has 3 rings (SSSR count). The zero-order valence-corrected chi connectivity index (χ0v) is 14.7. The Labute approximate surface area is 148 Å². The van der Waals surface area contributed by atoms with Gasteiger partial charge in [-0.3, -0.25) is 9.59 Å². The van der Waals surface area contributed by atoms with Gasteiger partial charge in [-0.1, -0.05) is 55.0 Å². The molecule has 2 aromatic rings. The zero-order chi connectivity index (χ0) is 17.8. The summed E-state index contributed by atoms with van der Waals surface area (Å²) in [5.41, 5.74) is 3.22. The maximum atomic E-state index is 12.5. The van der Waals surface area contributed by atoms with Crippen molar-refractivity contribution in [2.75, 3.05) is 18.0 Å². The minimum Gasteiger partial charge on any atom is -0.355 e. The van der Waals surface area contributed by atoms with Gasteiger partial charge in [0.15, 0.2) is 0 Å². The molecule has 1 saturated heterocycles. The van der Waals surface area contributed by atoms with Crippen molar-refractivity contribution in [3.63, 3.8) is 0 Å². The Bertz CT molecular complexity index is 740. The first-order valence-electron chi connectivity index (χ1n) is 8.74. The van der Waals surface area contributed by atoms with Crippen LogP contribution in [-0.2, 0) is 9.59 Å². The number of rotatable bonds is 5. The minimum atomic E-state index is -0.281. The second kappa shape index (κ2) is 7.51. The highest BCUT2D eigenvalue weighted by Gasteiger charge is 2.35. The Morgan fingerprint density at radius 2 is 1.84 bits per heavy atom. The number of aryl methyl sites for hydroxylation is 1. The molecule has 0 spiro atoms. The molecule has 0 aromatic heterocycles.